The van der Waals surface area contributed by atoms with E-state index in [2.05, 4.69) is 14.9 Å². The van der Waals surface area contributed by atoms with Gasteiger partial charge in [-0.25, -0.2) is 18.4 Å². The number of rotatable bonds is 6. The van der Waals surface area contributed by atoms with Crippen LogP contribution in [-0.2, 0) is 14.6 Å². The summed E-state index contributed by atoms with van der Waals surface area (Å²) in [7, 11) is -3.47. The van der Waals surface area contributed by atoms with E-state index in [1.807, 2.05) is 37.4 Å². The lowest BCUT2D eigenvalue weighted by Crippen LogP contribution is -2.43. The van der Waals surface area contributed by atoms with Crippen LogP contribution in [0.4, 0.5) is 5.13 Å². The fraction of sp³-hybridized carbons (Fsp3) is 0.348. The van der Waals surface area contributed by atoms with Crippen LogP contribution in [0.15, 0.2) is 47.5 Å². The Bertz CT molecular complexity index is 1480. The lowest BCUT2D eigenvalue weighted by Gasteiger charge is -2.29. The molecule has 3 aromatic heterocycles. The highest BCUT2D eigenvalue weighted by molar-refractivity contribution is 7.91. The van der Waals surface area contributed by atoms with Gasteiger partial charge >= 0.3 is 0 Å². The third-order valence-electron chi connectivity index (χ3n) is 5.90. The number of morpholine rings is 1. The van der Waals surface area contributed by atoms with Gasteiger partial charge in [-0.05, 0) is 31.2 Å². The van der Waals surface area contributed by atoms with Crippen molar-refractivity contribution >= 4 is 60.5 Å². The smallest absolute Gasteiger partial charge is 0.279 e. The number of benzene rings is 1. The summed E-state index contributed by atoms with van der Waals surface area (Å²) in [5.74, 6) is -0.218. The standard InChI is InChI=1S/C23H25N5O4S2.ClH/c1-16-21(27-9-4-3-8-19(27)24-16)22(29)28(11-10-26-12-14-32-15-13-26)23-25-20-17(33-23)6-5-7-18(20)34(2,30)31;/h3-9H,10-15H2,1-2H3;1H. The number of fused-ring (bicyclic) bond motifs is 2. The Morgan fingerprint density at radius 3 is 2.66 bits per heavy atom. The fourth-order valence-electron chi connectivity index (χ4n) is 4.18. The molecule has 5 rings (SSSR count). The van der Waals surface area contributed by atoms with Crippen molar-refractivity contribution in [1.29, 1.82) is 0 Å². The number of thiazole rings is 1. The SMILES string of the molecule is Cc1nc2ccccn2c1C(=O)N(CCN1CCOCC1)c1nc2c(S(C)(=O)=O)cccc2s1.Cl. The van der Waals surface area contributed by atoms with E-state index in [1.54, 1.807) is 21.4 Å². The Balaban J connectivity index is 0.00000289. The normalized spacial score (nSPS) is 14.8. The predicted octanol–water partition coefficient (Wildman–Crippen LogP) is 3.06. The van der Waals surface area contributed by atoms with Gasteiger partial charge in [0.05, 0.1) is 28.5 Å². The molecule has 35 heavy (non-hydrogen) atoms. The van der Waals surface area contributed by atoms with Gasteiger partial charge in [0.15, 0.2) is 15.0 Å². The van der Waals surface area contributed by atoms with Gasteiger partial charge in [0.2, 0.25) is 0 Å². The number of amides is 1. The summed E-state index contributed by atoms with van der Waals surface area (Å²) in [6.45, 7) is 5.81. The first-order chi connectivity index (χ1) is 16.3. The van der Waals surface area contributed by atoms with E-state index in [0.29, 0.717) is 54.0 Å². The van der Waals surface area contributed by atoms with Crippen LogP contribution in [0.5, 0.6) is 0 Å². The van der Waals surface area contributed by atoms with Crippen molar-refractivity contribution in [3.8, 4) is 0 Å². The molecule has 0 atom stereocenters. The van der Waals surface area contributed by atoms with Gasteiger partial charge < -0.3 is 4.74 Å². The number of nitrogens with zero attached hydrogens (tertiary/aromatic N) is 5. The first kappa shape index (κ1) is 25.5. The number of imidazole rings is 1. The second kappa shape index (κ2) is 10.2. The van der Waals surface area contributed by atoms with E-state index in [9.17, 15) is 13.2 Å². The zero-order valence-electron chi connectivity index (χ0n) is 19.4. The molecule has 1 aliphatic heterocycles. The molecule has 12 heteroatoms. The molecule has 1 fully saturated rings. The minimum atomic E-state index is -3.47. The molecule has 186 valence electrons. The number of pyridine rings is 1. The van der Waals surface area contributed by atoms with Crippen LogP contribution in [0.3, 0.4) is 0 Å². The van der Waals surface area contributed by atoms with Gasteiger partial charge in [0, 0.05) is 38.6 Å². The number of aryl methyl sites for hydroxylation is 1. The van der Waals surface area contributed by atoms with E-state index in [4.69, 9.17) is 4.74 Å². The Morgan fingerprint density at radius 1 is 1.14 bits per heavy atom. The molecular formula is C23H26ClN5O4S2. The maximum absolute atomic E-state index is 13.9. The highest BCUT2D eigenvalue weighted by Gasteiger charge is 2.28. The van der Waals surface area contributed by atoms with Gasteiger partial charge in [0.25, 0.3) is 5.91 Å². The largest absolute Gasteiger partial charge is 0.379 e. The van der Waals surface area contributed by atoms with E-state index in [0.717, 1.165) is 17.8 Å². The average Bonchev–Trinajstić information content (AvgIpc) is 3.39. The van der Waals surface area contributed by atoms with E-state index in [-0.39, 0.29) is 23.2 Å². The summed E-state index contributed by atoms with van der Waals surface area (Å²) in [4.78, 5) is 27.2. The molecule has 1 saturated heterocycles. The number of hydrogen-bond acceptors (Lipinski definition) is 8. The molecule has 1 aliphatic rings. The molecular weight excluding hydrogens is 510 g/mol. The van der Waals surface area contributed by atoms with Crippen molar-refractivity contribution < 1.29 is 17.9 Å². The van der Waals surface area contributed by atoms with Gasteiger partial charge in [-0.1, -0.05) is 23.5 Å². The number of anilines is 1. The zero-order chi connectivity index (χ0) is 23.9. The van der Waals surface area contributed by atoms with Crippen LogP contribution in [-0.4, -0.2) is 79.2 Å². The summed E-state index contributed by atoms with van der Waals surface area (Å²) >= 11 is 1.32. The molecule has 0 radical (unpaired) electrons. The third-order valence-corrected chi connectivity index (χ3v) is 8.07. The summed E-state index contributed by atoms with van der Waals surface area (Å²) in [6, 6.07) is 10.7. The van der Waals surface area contributed by atoms with Crippen LogP contribution in [0.25, 0.3) is 15.9 Å². The molecule has 0 saturated carbocycles. The Kier molecular flexibility index (Phi) is 7.43. The van der Waals surface area contributed by atoms with Crippen molar-refractivity contribution in [2.24, 2.45) is 0 Å². The quantitative estimate of drug-likeness (QED) is 0.374. The summed E-state index contributed by atoms with van der Waals surface area (Å²) in [5.41, 5.74) is 2.19. The lowest BCUT2D eigenvalue weighted by atomic mass is 10.3. The number of aromatic nitrogens is 3. The molecule has 4 aromatic rings. The fourth-order valence-corrected chi connectivity index (χ4v) is 6.09. The van der Waals surface area contributed by atoms with Gasteiger partial charge in [-0.2, -0.15) is 0 Å². The molecule has 0 spiro atoms. The minimum Gasteiger partial charge on any atom is -0.379 e. The van der Waals surface area contributed by atoms with E-state index < -0.39 is 9.84 Å². The first-order valence-corrected chi connectivity index (χ1v) is 13.7. The lowest BCUT2D eigenvalue weighted by molar-refractivity contribution is 0.0391. The summed E-state index contributed by atoms with van der Waals surface area (Å²) in [6.07, 6.45) is 2.99. The number of ether oxygens (including phenoxy) is 1. The molecule has 0 N–H and O–H groups in total. The van der Waals surface area contributed by atoms with E-state index >= 15 is 0 Å². The second-order valence-corrected chi connectivity index (χ2v) is 11.3. The molecule has 1 aromatic carbocycles. The van der Waals surface area contributed by atoms with Crippen molar-refractivity contribution in [3.05, 3.63) is 54.0 Å². The third kappa shape index (κ3) is 5.05. The molecule has 1 amide bonds. The Hall–Kier alpha value is -2.57. The molecule has 0 aliphatic carbocycles. The average molecular weight is 536 g/mol. The van der Waals surface area contributed by atoms with Crippen molar-refractivity contribution in [3.63, 3.8) is 0 Å². The maximum atomic E-state index is 13.9. The molecule has 0 bridgehead atoms. The van der Waals surface area contributed by atoms with Crippen molar-refractivity contribution in [2.75, 3.05) is 50.5 Å². The molecule has 4 heterocycles. The zero-order valence-corrected chi connectivity index (χ0v) is 21.8. The predicted molar refractivity (Wildman–Crippen MR) is 139 cm³/mol. The Morgan fingerprint density at radius 2 is 1.91 bits per heavy atom. The van der Waals surface area contributed by atoms with Gasteiger partial charge in [-0.15, -0.1) is 12.4 Å². The summed E-state index contributed by atoms with van der Waals surface area (Å²) in [5, 5.41) is 0.467. The number of hydrogen-bond donors (Lipinski definition) is 0. The second-order valence-electron chi connectivity index (χ2n) is 8.26. The first-order valence-electron chi connectivity index (χ1n) is 11.0. The topological polar surface area (TPSA) is 97.1 Å². The molecule has 0 unspecified atom stereocenters. The maximum Gasteiger partial charge on any atom is 0.279 e. The van der Waals surface area contributed by atoms with E-state index in [1.165, 1.54) is 17.6 Å². The molecule has 9 nitrogen and oxygen atoms in total. The highest BCUT2D eigenvalue weighted by atomic mass is 35.5. The van der Waals surface area contributed by atoms with Crippen LogP contribution >= 0.6 is 23.7 Å². The Labute approximate surface area is 213 Å². The van der Waals surface area contributed by atoms with Crippen LogP contribution in [0.2, 0.25) is 0 Å². The minimum absolute atomic E-state index is 0. The number of carbonyl (C=O) groups excluding carboxylic acids is 1. The van der Waals surface area contributed by atoms with Crippen molar-refractivity contribution in [1.82, 2.24) is 19.3 Å². The number of carbonyl (C=O) groups is 1. The summed E-state index contributed by atoms with van der Waals surface area (Å²) < 4.78 is 32.6. The van der Waals surface area contributed by atoms with Gasteiger partial charge in [0.1, 0.15) is 16.9 Å². The highest BCUT2D eigenvalue weighted by Crippen LogP contribution is 2.33. The number of sulfone groups is 1. The van der Waals surface area contributed by atoms with Gasteiger partial charge in [-0.3, -0.25) is 19.0 Å². The van der Waals surface area contributed by atoms with Crippen molar-refractivity contribution in [2.45, 2.75) is 11.8 Å². The van der Waals surface area contributed by atoms with Crippen LogP contribution in [0.1, 0.15) is 16.2 Å². The monoisotopic (exact) mass is 535 g/mol. The van der Waals surface area contributed by atoms with Crippen LogP contribution in [0, 0.1) is 6.92 Å². The number of para-hydroxylation sites is 1. The van der Waals surface area contributed by atoms with Crippen LogP contribution < -0.4 is 4.90 Å². The number of halogens is 1.